The van der Waals surface area contributed by atoms with Gasteiger partial charge in [0.05, 0.1) is 7.11 Å². The molecule has 0 unspecified atom stereocenters. The van der Waals surface area contributed by atoms with E-state index in [1.54, 1.807) is 19.3 Å². The zero-order valence-electron chi connectivity index (χ0n) is 9.92. The van der Waals surface area contributed by atoms with Crippen LogP contribution in [0.25, 0.3) is 0 Å². The van der Waals surface area contributed by atoms with Crippen LogP contribution in [-0.2, 0) is 4.74 Å². The number of hydrogen-bond acceptors (Lipinski definition) is 1. The van der Waals surface area contributed by atoms with Crippen molar-refractivity contribution in [3.05, 3.63) is 36.6 Å². The highest BCUT2D eigenvalue weighted by Crippen LogP contribution is 1.96. The number of allylic oxidation sites excluding steroid dienone is 4. The molecule has 0 aromatic rings. The van der Waals surface area contributed by atoms with Crippen molar-refractivity contribution < 1.29 is 4.74 Å². The average molecular weight is 184 g/mol. The average Bonchev–Trinajstić information content (AvgIpc) is 2.23. The minimum Gasteiger partial charge on any atom is -0.497 e. The molecule has 0 aliphatic heterocycles. The van der Waals surface area contributed by atoms with Crippen molar-refractivity contribution in [1.82, 2.24) is 0 Å². The largest absolute Gasteiger partial charge is 0.497 e. The van der Waals surface area contributed by atoms with Gasteiger partial charge in [0.15, 0.2) is 0 Å². The van der Waals surface area contributed by atoms with Crippen molar-refractivity contribution in [3.8, 4) is 0 Å². The van der Waals surface area contributed by atoms with Crippen LogP contribution in [0.15, 0.2) is 36.6 Å². The van der Waals surface area contributed by atoms with Crippen LogP contribution in [0.2, 0.25) is 0 Å². The maximum atomic E-state index is 4.93. The third kappa shape index (κ3) is 18.2. The predicted octanol–water partition coefficient (Wildman–Crippen LogP) is 4.33. The van der Waals surface area contributed by atoms with Gasteiger partial charge >= 0.3 is 0 Å². The summed E-state index contributed by atoms with van der Waals surface area (Å²) in [6, 6.07) is 0. The van der Waals surface area contributed by atoms with Crippen LogP contribution < -0.4 is 0 Å². The Morgan fingerprint density at radius 2 is 1.62 bits per heavy atom. The van der Waals surface area contributed by atoms with E-state index < -0.39 is 0 Å². The van der Waals surface area contributed by atoms with Crippen molar-refractivity contribution >= 4 is 0 Å². The number of hydrogen-bond donors (Lipinski definition) is 0. The van der Waals surface area contributed by atoms with Crippen molar-refractivity contribution in [1.29, 1.82) is 0 Å². The van der Waals surface area contributed by atoms with E-state index in [1.165, 1.54) is 0 Å². The van der Waals surface area contributed by atoms with Crippen LogP contribution in [0, 0.1) is 0 Å². The van der Waals surface area contributed by atoms with Crippen LogP contribution in [0.1, 0.15) is 34.6 Å². The highest BCUT2D eigenvalue weighted by Gasteiger charge is 1.81. The Morgan fingerprint density at radius 3 is 1.85 bits per heavy atom. The first-order valence-corrected chi connectivity index (χ1v) is 4.84. The van der Waals surface area contributed by atoms with E-state index in [-0.39, 0.29) is 0 Å². The maximum Gasteiger partial charge on any atom is 0.118 e. The first-order chi connectivity index (χ1) is 6.35. The normalized spacial score (nSPS) is 9.23. The topological polar surface area (TPSA) is 9.23 Å². The van der Waals surface area contributed by atoms with Crippen molar-refractivity contribution in [2.45, 2.75) is 34.6 Å². The first-order valence-electron chi connectivity index (χ1n) is 4.84. The van der Waals surface area contributed by atoms with E-state index in [9.17, 15) is 0 Å². The van der Waals surface area contributed by atoms with Gasteiger partial charge in [-0.1, -0.05) is 46.4 Å². The van der Waals surface area contributed by atoms with Gasteiger partial charge in [-0.3, -0.25) is 0 Å². The van der Waals surface area contributed by atoms with Gasteiger partial charge in [0.2, 0.25) is 0 Å². The smallest absolute Gasteiger partial charge is 0.118 e. The van der Waals surface area contributed by atoms with Crippen LogP contribution >= 0.6 is 0 Å². The lowest BCUT2D eigenvalue weighted by atomic mass is 10.4. The van der Waals surface area contributed by atoms with Gasteiger partial charge in [-0.15, -0.1) is 0 Å². The quantitative estimate of drug-likeness (QED) is 0.468. The molecule has 0 aromatic carbocycles. The van der Waals surface area contributed by atoms with Crippen LogP contribution in [-0.4, -0.2) is 7.11 Å². The molecule has 1 nitrogen and oxygen atoms in total. The van der Waals surface area contributed by atoms with E-state index in [0.29, 0.717) is 0 Å². The maximum absolute atomic E-state index is 4.93. The molecule has 0 aromatic heterocycles. The van der Waals surface area contributed by atoms with Crippen LogP contribution in [0.4, 0.5) is 0 Å². The lowest BCUT2D eigenvalue weighted by Crippen LogP contribution is -1.78. The minimum atomic E-state index is 0.826. The summed E-state index contributed by atoms with van der Waals surface area (Å²) < 4.78 is 4.93. The van der Waals surface area contributed by atoms with E-state index >= 15 is 0 Å². The SMILES string of the molecule is C=C/C=C(\C=C/C)OC.CC.CC. The molecule has 0 bridgehead atoms. The second-order valence-electron chi connectivity index (χ2n) is 1.51. The number of rotatable bonds is 3. The molecule has 13 heavy (non-hydrogen) atoms. The summed E-state index contributed by atoms with van der Waals surface area (Å²) in [5.41, 5.74) is 0. The van der Waals surface area contributed by atoms with E-state index in [0.717, 1.165) is 5.76 Å². The van der Waals surface area contributed by atoms with Gasteiger partial charge in [-0.25, -0.2) is 0 Å². The third-order valence-corrected chi connectivity index (χ3v) is 0.849. The van der Waals surface area contributed by atoms with Crippen molar-refractivity contribution in [2.24, 2.45) is 0 Å². The van der Waals surface area contributed by atoms with E-state index in [2.05, 4.69) is 6.58 Å². The Balaban J connectivity index is -0.000000218. The molecular weight excluding hydrogens is 160 g/mol. The highest BCUT2D eigenvalue weighted by atomic mass is 16.5. The minimum absolute atomic E-state index is 0.826. The lowest BCUT2D eigenvalue weighted by molar-refractivity contribution is 0.307. The summed E-state index contributed by atoms with van der Waals surface area (Å²) in [6.45, 7) is 13.5. The Labute approximate surface area is 83.8 Å². The highest BCUT2D eigenvalue weighted by molar-refractivity contribution is 5.16. The number of methoxy groups -OCH3 is 1. The summed E-state index contributed by atoms with van der Waals surface area (Å²) in [5, 5.41) is 0. The second-order valence-corrected chi connectivity index (χ2v) is 1.51. The molecule has 78 valence electrons. The fourth-order valence-corrected chi connectivity index (χ4v) is 0.472. The molecule has 0 radical (unpaired) electrons. The van der Waals surface area contributed by atoms with Gasteiger partial charge < -0.3 is 4.74 Å². The molecule has 0 saturated carbocycles. The van der Waals surface area contributed by atoms with E-state index in [1.807, 2.05) is 46.8 Å². The van der Waals surface area contributed by atoms with Gasteiger partial charge in [-0.2, -0.15) is 0 Å². The molecular formula is C12H24O. The lowest BCUT2D eigenvalue weighted by Gasteiger charge is -1.95. The molecule has 0 fully saturated rings. The van der Waals surface area contributed by atoms with Gasteiger partial charge in [0.25, 0.3) is 0 Å². The molecule has 0 amide bonds. The fourth-order valence-electron chi connectivity index (χ4n) is 0.472. The molecule has 0 atom stereocenters. The second kappa shape index (κ2) is 22.5. The van der Waals surface area contributed by atoms with E-state index in [4.69, 9.17) is 4.74 Å². The zero-order valence-corrected chi connectivity index (χ0v) is 9.92. The number of ether oxygens (including phenoxy) is 1. The predicted molar refractivity (Wildman–Crippen MR) is 62.8 cm³/mol. The van der Waals surface area contributed by atoms with Crippen molar-refractivity contribution in [3.63, 3.8) is 0 Å². The zero-order chi connectivity index (χ0) is 11.1. The molecule has 0 heterocycles. The summed E-state index contributed by atoms with van der Waals surface area (Å²) in [7, 11) is 1.63. The Kier molecular flexibility index (Phi) is 31.0. The molecule has 0 aliphatic rings. The molecule has 0 aliphatic carbocycles. The van der Waals surface area contributed by atoms with Crippen LogP contribution in [0.5, 0.6) is 0 Å². The molecule has 0 spiro atoms. The summed E-state index contributed by atoms with van der Waals surface area (Å²) in [6.07, 6.45) is 7.29. The summed E-state index contributed by atoms with van der Waals surface area (Å²) in [4.78, 5) is 0. The molecule has 0 rings (SSSR count). The van der Waals surface area contributed by atoms with Gasteiger partial charge in [0.1, 0.15) is 5.76 Å². The fraction of sp³-hybridized carbons (Fsp3) is 0.500. The van der Waals surface area contributed by atoms with Crippen LogP contribution in [0.3, 0.4) is 0 Å². The van der Waals surface area contributed by atoms with Gasteiger partial charge in [-0.05, 0) is 19.1 Å². The molecule has 0 N–H and O–H groups in total. The van der Waals surface area contributed by atoms with Crippen molar-refractivity contribution in [2.75, 3.05) is 7.11 Å². The third-order valence-electron chi connectivity index (χ3n) is 0.849. The first kappa shape index (κ1) is 17.9. The summed E-state index contributed by atoms with van der Waals surface area (Å²) in [5.74, 6) is 0.826. The molecule has 1 heteroatoms. The van der Waals surface area contributed by atoms with Gasteiger partial charge in [0, 0.05) is 0 Å². The Bertz CT molecular complexity index is 132. The molecule has 0 saturated heterocycles. The monoisotopic (exact) mass is 184 g/mol. The Hall–Kier alpha value is -0.980. The Morgan fingerprint density at radius 1 is 1.15 bits per heavy atom. The standard InChI is InChI=1S/C8H12O.2C2H6/c1-4-6-8(9-3)7-5-2;2*1-2/h4-7H,1H2,2-3H3;2*1-2H3/b7-5-,8-6+;;. The summed E-state index contributed by atoms with van der Waals surface area (Å²) >= 11 is 0.